The van der Waals surface area contributed by atoms with Gasteiger partial charge in [-0.25, -0.2) is 9.67 Å². The van der Waals surface area contributed by atoms with E-state index in [0.717, 1.165) is 42.5 Å². The monoisotopic (exact) mass is 279 g/mol. The number of aromatic nitrogens is 3. The molecule has 1 heterocycles. The second-order valence-electron chi connectivity index (χ2n) is 6.32. The average Bonchev–Trinajstić information content (AvgIpc) is 2.68. The second-order valence-corrected chi connectivity index (χ2v) is 6.81. The topological polar surface area (TPSA) is 30.7 Å². The summed E-state index contributed by atoms with van der Waals surface area (Å²) in [5.41, 5.74) is 1.50. The number of hydrogen-bond acceptors (Lipinski definition) is 2. The molecule has 3 nitrogen and oxygen atoms in total. The first-order valence-electron chi connectivity index (χ1n) is 6.82. The molecule has 0 bridgehead atoms. The van der Waals surface area contributed by atoms with E-state index in [4.69, 9.17) is 11.6 Å². The average molecular weight is 280 g/mol. The van der Waals surface area contributed by atoms with Gasteiger partial charge < -0.3 is 0 Å². The van der Waals surface area contributed by atoms with E-state index in [-0.39, 0.29) is 0 Å². The van der Waals surface area contributed by atoms with Gasteiger partial charge in [-0.2, -0.15) is 5.10 Å². The molecule has 0 amide bonds. The van der Waals surface area contributed by atoms with Crippen LogP contribution in [0.5, 0.6) is 0 Å². The van der Waals surface area contributed by atoms with E-state index in [0.29, 0.717) is 5.41 Å². The Hall–Kier alpha value is -1.09. The second kappa shape index (κ2) is 5.49. The molecule has 0 fully saturated rings. The van der Waals surface area contributed by atoms with E-state index in [1.807, 2.05) is 23.8 Å². The van der Waals surface area contributed by atoms with Crippen LogP contribution in [0.4, 0.5) is 0 Å². The quantitative estimate of drug-likeness (QED) is 0.825. The summed E-state index contributed by atoms with van der Waals surface area (Å²) < 4.78 is 2.02. The van der Waals surface area contributed by atoms with Crippen LogP contribution in [0.3, 0.4) is 0 Å². The zero-order chi connectivity index (χ0) is 14.0. The largest absolute Gasteiger partial charge is 0.250 e. The molecule has 0 saturated carbocycles. The number of aryl methyl sites for hydroxylation is 2. The van der Waals surface area contributed by atoms with Gasteiger partial charge in [0.1, 0.15) is 5.82 Å². The Bertz CT molecular complexity index is 518. The predicted octanol–water partition coefficient (Wildman–Crippen LogP) is 4.32. The van der Waals surface area contributed by atoms with Crippen molar-refractivity contribution in [1.82, 2.24) is 14.8 Å². The number of hydrogen-bond donors (Lipinski definition) is 0. The fourth-order valence-electron chi connectivity index (χ4n) is 2.01. The van der Waals surface area contributed by atoms with Crippen molar-refractivity contribution >= 4 is 17.2 Å². The van der Waals surface area contributed by atoms with Crippen LogP contribution in [-0.2, 0) is 6.54 Å². The molecular weight excluding hydrogens is 258 g/mol. The van der Waals surface area contributed by atoms with Crippen molar-refractivity contribution in [2.24, 2.45) is 5.41 Å². The van der Waals surface area contributed by atoms with Crippen LogP contribution in [0.15, 0.2) is 17.2 Å². The van der Waals surface area contributed by atoms with Crippen molar-refractivity contribution in [3.63, 3.8) is 0 Å². The Morgan fingerprint density at radius 2 is 2.00 bits per heavy atom. The molecule has 0 spiro atoms. The lowest BCUT2D eigenvalue weighted by Crippen LogP contribution is -2.12. The molecular formula is C15H22ClN3. The minimum Gasteiger partial charge on any atom is -0.250 e. The Morgan fingerprint density at radius 3 is 2.58 bits per heavy atom. The van der Waals surface area contributed by atoms with Crippen molar-refractivity contribution in [3.05, 3.63) is 28.8 Å². The molecule has 0 radical (unpaired) electrons. The van der Waals surface area contributed by atoms with E-state index in [1.54, 1.807) is 0 Å². The zero-order valence-electron chi connectivity index (χ0n) is 12.2. The molecule has 0 atom stereocenters. The molecule has 19 heavy (non-hydrogen) atoms. The van der Waals surface area contributed by atoms with E-state index < -0.39 is 0 Å². The van der Waals surface area contributed by atoms with Gasteiger partial charge >= 0.3 is 0 Å². The van der Waals surface area contributed by atoms with Crippen LogP contribution in [-0.4, -0.2) is 14.8 Å². The summed E-state index contributed by atoms with van der Waals surface area (Å²) in [6, 6.07) is 0. The van der Waals surface area contributed by atoms with Gasteiger partial charge in [0.05, 0.1) is 0 Å². The highest BCUT2D eigenvalue weighted by atomic mass is 35.5. The highest BCUT2D eigenvalue weighted by molar-refractivity contribution is 6.29. The highest BCUT2D eigenvalue weighted by Gasteiger charge is 2.15. The lowest BCUT2D eigenvalue weighted by molar-refractivity contribution is 0.338. The predicted molar refractivity (Wildman–Crippen MR) is 80.0 cm³/mol. The normalized spacial score (nSPS) is 16.3. The fourth-order valence-corrected chi connectivity index (χ4v) is 2.16. The summed E-state index contributed by atoms with van der Waals surface area (Å²) in [6.45, 7) is 9.68. The smallest absolute Gasteiger partial charge is 0.177 e. The molecule has 0 saturated heterocycles. The fraction of sp³-hybridized carbons (Fsp3) is 0.600. The van der Waals surface area contributed by atoms with Crippen LogP contribution in [0.1, 0.15) is 51.7 Å². The molecule has 4 heteroatoms. The molecule has 104 valence electrons. The van der Waals surface area contributed by atoms with Gasteiger partial charge in [0.2, 0.25) is 0 Å². The first-order valence-corrected chi connectivity index (χ1v) is 7.20. The number of nitrogens with zero attached hydrogens (tertiary/aromatic N) is 3. The van der Waals surface area contributed by atoms with Gasteiger partial charge in [-0.3, -0.25) is 0 Å². The molecule has 0 aromatic carbocycles. The molecule has 1 aromatic rings. The number of allylic oxidation sites excluding steroid dienone is 4. The van der Waals surface area contributed by atoms with E-state index in [9.17, 15) is 0 Å². The first kappa shape index (κ1) is 14.3. The van der Waals surface area contributed by atoms with Crippen LogP contribution in [0.2, 0.25) is 0 Å². The van der Waals surface area contributed by atoms with Gasteiger partial charge in [-0.1, -0.05) is 38.4 Å². The van der Waals surface area contributed by atoms with Crippen molar-refractivity contribution in [3.8, 4) is 0 Å². The maximum atomic E-state index is 5.98. The number of halogens is 1. The van der Waals surface area contributed by atoms with Crippen LogP contribution >= 0.6 is 11.6 Å². The van der Waals surface area contributed by atoms with Crippen LogP contribution in [0, 0.1) is 12.3 Å². The Balaban J connectivity index is 2.13. The summed E-state index contributed by atoms with van der Waals surface area (Å²) in [5, 5.41) is 5.54. The first-order chi connectivity index (χ1) is 8.85. The van der Waals surface area contributed by atoms with Gasteiger partial charge in [0.25, 0.3) is 0 Å². The highest BCUT2D eigenvalue weighted by Crippen LogP contribution is 2.27. The lowest BCUT2D eigenvalue weighted by Gasteiger charge is -2.17. The van der Waals surface area contributed by atoms with Gasteiger partial charge in [0.15, 0.2) is 5.82 Å². The lowest BCUT2D eigenvalue weighted by atomic mass is 9.92. The molecule has 0 unspecified atom stereocenters. The Morgan fingerprint density at radius 1 is 1.26 bits per heavy atom. The standard InChI is InChI=1S/C15H22ClN3/c1-11-17-14(12-5-7-13(16)8-6-12)18-19(11)10-9-15(2,3)4/h5,7H,6,8-10H2,1-4H3. The van der Waals surface area contributed by atoms with Crippen LogP contribution < -0.4 is 0 Å². The maximum absolute atomic E-state index is 5.98. The van der Waals surface area contributed by atoms with Gasteiger partial charge in [-0.15, -0.1) is 0 Å². The third-order valence-corrected chi connectivity index (χ3v) is 3.63. The summed E-state index contributed by atoms with van der Waals surface area (Å²) >= 11 is 5.98. The van der Waals surface area contributed by atoms with Crippen molar-refractivity contribution in [2.45, 2.75) is 53.5 Å². The third kappa shape index (κ3) is 3.93. The minimum atomic E-state index is 0.318. The summed E-state index contributed by atoms with van der Waals surface area (Å²) in [5.74, 6) is 1.84. The van der Waals surface area contributed by atoms with Gasteiger partial charge in [0, 0.05) is 11.6 Å². The maximum Gasteiger partial charge on any atom is 0.177 e. The summed E-state index contributed by atoms with van der Waals surface area (Å²) in [4.78, 5) is 4.57. The molecule has 2 rings (SSSR count). The van der Waals surface area contributed by atoms with Gasteiger partial charge in [-0.05, 0) is 43.3 Å². The number of rotatable bonds is 3. The summed E-state index contributed by atoms with van der Waals surface area (Å²) in [7, 11) is 0. The summed E-state index contributed by atoms with van der Waals surface area (Å²) in [6.07, 6.45) is 6.91. The molecule has 0 aliphatic heterocycles. The van der Waals surface area contributed by atoms with E-state index in [2.05, 4.69) is 30.9 Å². The van der Waals surface area contributed by atoms with Crippen molar-refractivity contribution in [1.29, 1.82) is 0 Å². The SMILES string of the molecule is Cc1nc(C2=CC=C(Cl)CC2)nn1CCC(C)(C)C. The van der Waals surface area contributed by atoms with Crippen molar-refractivity contribution in [2.75, 3.05) is 0 Å². The molecule has 0 N–H and O–H groups in total. The molecule has 1 aliphatic rings. The van der Waals surface area contributed by atoms with Crippen molar-refractivity contribution < 1.29 is 0 Å². The molecule has 1 aliphatic carbocycles. The van der Waals surface area contributed by atoms with E-state index >= 15 is 0 Å². The Kier molecular flexibility index (Phi) is 4.14. The molecule has 1 aromatic heterocycles. The Labute approximate surface area is 120 Å². The third-order valence-electron chi connectivity index (χ3n) is 3.32. The van der Waals surface area contributed by atoms with Crippen LogP contribution in [0.25, 0.3) is 5.57 Å². The van der Waals surface area contributed by atoms with E-state index in [1.165, 1.54) is 5.57 Å². The minimum absolute atomic E-state index is 0.318. The zero-order valence-corrected chi connectivity index (χ0v) is 13.0.